The third-order valence-corrected chi connectivity index (χ3v) is 7.81. The molecule has 0 atom stereocenters. The average Bonchev–Trinajstić information content (AvgIpc) is 3.36. The molecule has 4 aromatic rings. The van der Waals surface area contributed by atoms with E-state index >= 15 is 0 Å². The largest absolute Gasteiger partial charge is 0.382 e. The highest BCUT2D eigenvalue weighted by Gasteiger charge is 2.28. The standard InChI is InChI=1S/C23H24ClN5OS/c1-13(30)27-12-14-5-7-15(8-6-14)23-28-19(20-22(25)26-9-10-29(20)23)18-11-16-3-2-4-17(24)21(16)31-18/h2-4,9-11,14-15H,5-8,12H2,1H3,(H2,25,26)(H,27,30)/t14-,15-. The van der Waals surface area contributed by atoms with Crippen LogP contribution in [0.15, 0.2) is 36.7 Å². The minimum absolute atomic E-state index is 0.0393. The van der Waals surface area contributed by atoms with Gasteiger partial charge in [-0.1, -0.05) is 23.7 Å². The van der Waals surface area contributed by atoms with Crippen molar-refractivity contribution in [2.75, 3.05) is 12.3 Å². The molecule has 3 N–H and O–H groups in total. The van der Waals surface area contributed by atoms with Gasteiger partial charge in [0, 0.05) is 31.8 Å². The number of hydrogen-bond donors (Lipinski definition) is 2. The summed E-state index contributed by atoms with van der Waals surface area (Å²) >= 11 is 8.05. The Morgan fingerprint density at radius 1 is 1.32 bits per heavy atom. The van der Waals surface area contributed by atoms with Gasteiger partial charge in [-0.3, -0.25) is 9.20 Å². The van der Waals surface area contributed by atoms with E-state index in [2.05, 4.69) is 26.8 Å². The zero-order valence-corrected chi connectivity index (χ0v) is 18.8. The van der Waals surface area contributed by atoms with Crippen LogP contribution in [0.3, 0.4) is 0 Å². The zero-order valence-electron chi connectivity index (χ0n) is 17.3. The molecule has 160 valence electrons. The number of carbonyl (C=O) groups excluding carboxylic acids is 1. The Morgan fingerprint density at radius 3 is 2.87 bits per heavy atom. The van der Waals surface area contributed by atoms with Gasteiger partial charge < -0.3 is 11.1 Å². The molecule has 0 saturated heterocycles. The number of rotatable bonds is 4. The predicted octanol–water partition coefficient (Wildman–Crippen LogP) is 5.26. The lowest BCUT2D eigenvalue weighted by Gasteiger charge is -2.27. The molecule has 5 rings (SSSR count). The summed E-state index contributed by atoms with van der Waals surface area (Å²) in [5, 5.41) is 4.81. The van der Waals surface area contributed by atoms with Crippen LogP contribution in [-0.4, -0.2) is 26.8 Å². The summed E-state index contributed by atoms with van der Waals surface area (Å²) in [7, 11) is 0. The summed E-state index contributed by atoms with van der Waals surface area (Å²) in [5.41, 5.74) is 8.05. The molecule has 6 nitrogen and oxygen atoms in total. The average molecular weight is 454 g/mol. The second-order valence-electron chi connectivity index (χ2n) is 8.27. The first kappa shape index (κ1) is 20.3. The maximum atomic E-state index is 11.2. The van der Waals surface area contributed by atoms with Gasteiger partial charge in [-0.05, 0) is 49.1 Å². The molecule has 3 aromatic heterocycles. The number of nitrogen functional groups attached to an aromatic ring is 1. The molecule has 1 saturated carbocycles. The molecule has 0 radical (unpaired) electrons. The van der Waals surface area contributed by atoms with Crippen molar-refractivity contribution in [2.45, 2.75) is 38.5 Å². The van der Waals surface area contributed by atoms with Crippen LogP contribution in [0.5, 0.6) is 0 Å². The molecule has 0 bridgehead atoms. The molecule has 1 fully saturated rings. The van der Waals surface area contributed by atoms with Gasteiger partial charge >= 0.3 is 0 Å². The minimum atomic E-state index is 0.0393. The van der Waals surface area contributed by atoms with Gasteiger partial charge in [-0.2, -0.15) is 0 Å². The van der Waals surface area contributed by atoms with Gasteiger partial charge in [0.2, 0.25) is 5.91 Å². The quantitative estimate of drug-likeness (QED) is 0.441. The monoisotopic (exact) mass is 453 g/mol. The van der Waals surface area contributed by atoms with Crippen molar-refractivity contribution in [3.05, 3.63) is 47.5 Å². The van der Waals surface area contributed by atoms with E-state index in [4.69, 9.17) is 22.3 Å². The van der Waals surface area contributed by atoms with Crippen LogP contribution >= 0.6 is 22.9 Å². The molecular formula is C23H24ClN5OS. The second kappa shape index (κ2) is 8.13. The number of nitrogens with zero attached hydrogens (tertiary/aromatic N) is 3. The van der Waals surface area contributed by atoms with Gasteiger partial charge in [0.1, 0.15) is 22.9 Å². The Bertz CT molecular complexity index is 1270. The second-order valence-corrected chi connectivity index (χ2v) is 9.73. The van der Waals surface area contributed by atoms with Gasteiger partial charge in [-0.15, -0.1) is 11.3 Å². The summed E-state index contributed by atoms with van der Waals surface area (Å²) < 4.78 is 3.17. The molecule has 0 aliphatic heterocycles. The first-order valence-corrected chi connectivity index (χ1v) is 11.8. The van der Waals surface area contributed by atoms with Gasteiger partial charge in [-0.25, -0.2) is 9.97 Å². The molecule has 31 heavy (non-hydrogen) atoms. The van der Waals surface area contributed by atoms with E-state index in [0.29, 0.717) is 17.7 Å². The molecule has 1 aliphatic rings. The number of carbonyl (C=O) groups is 1. The number of imidazole rings is 1. The molecule has 3 heterocycles. The highest BCUT2D eigenvalue weighted by molar-refractivity contribution is 7.22. The van der Waals surface area contributed by atoms with E-state index in [9.17, 15) is 4.79 Å². The van der Waals surface area contributed by atoms with Crippen LogP contribution in [-0.2, 0) is 4.79 Å². The fourth-order valence-corrected chi connectivity index (χ4v) is 5.96. The fraction of sp³-hybridized carbons (Fsp3) is 0.348. The van der Waals surface area contributed by atoms with Crippen molar-refractivity contribution >= 4 is 50.3 Å². The molecule has 1 aromatic carbocycles. The van der Waals surface area contributed by atoms with Crippen LogP contribution in [0.2, 0.25) is 5.02 Å². The Kier molecular flexibility index (Phi) is 5.32. The maximum absolute atomic E-state index is 11.2. The summed E-state index contributed by atoms with van der Waals surface area (Å²) in [6.07, 6.45) is 7.94. The zero-order chi connectivity index (χ0) is 21.5. The Labute approximate surface area is 189 Å². The number of thiophene rings is 1. The van der Waals surface area contributed by atoms with Gasteiger partial charge in [0.15, 0.2) is 0 Å². The van der Waals surface area contributed by atoms with E-state index in [1.807, 2.05) is 18.3 Å². The Morgan fingerprint density at radius 2 is 2.13 bits per heavy atom. The Hall–Kier alpha value is -2.64. The van der Waals surface area contributed by atoms with Crippen molar-refractivity contribution in [3.8, 4) is 10.6 Å². The summed E-state index contributed by atoms with van der Waals surface area (Å²) in [6.45, 7) is 2.33. The molecular weight excluding hydrogens is 430 g/mol. The number of fused-ring (bicyclic) bond motifs is 2. The molecule has 0 spiro atoms. The van der Waals surface area contributed by atoms with Crippen molar-refractivity contribution in [2.24, 2.45) is 5.92 Å². The van der Waals surface area contributed by atoms with E-state index in [0.717, 1.165) is 69.2 Å². The molecule has 1 amide bonds. The lowest BCUT2D eigenvalue weighted by molar-refractivity contribution is -0.119. The number of aromatic nitrogens is 3. The van der Waals surface area contributed by atoms with Crippen molar-refractivity contribution in [3.63, 3.8) is 0 Å². The maximum Gasteiger partial charge on any atom is 0.216 e. The van der Waals surface area contributed by atoms with Crippen molar-refractivity contribution in [1.82, 2.24) is 19.7 Å². The topological polar surface area (TPSA) is 85.3 Å². The lowest BCUT2D eigenvalue weighted by atomic mass is 9.81. The van der Waals surface area contributed by atoms with E-state index in [-0.39, 0.29) is 5.91 Å². The highest BCUT2D eigenvalue weighted by Crippen LogP contribution is 2.42. The number of benzene rings is 1. The predicted molar refractivity (Wildman–Crippen MR) is 127 cm³/mol. The van der Waals surface area contributed by atoms with Crippen molar-refractivity contribution in [1.29, 1.82) is 0 Å². The van der Waals surface area contributed by atoms with Crippen LogP contribution in [0.25, 0.3) is 26.2 Å². The summed E-state index contributed by atoms with van der Waals surface area (Å²) in [5.74, 6) is 2.45. The third-order valence-electron chi connectivity index (χ3n) is 6.19. The van der Waals surface area contributed by atoms with Crippen LogP contribution in [0.1, 0.15) is 44.3 Å². The number of nitrogens with one attached hydrogen (secondary N) is 1. The van der Waals surface area contributed by atoms with E-state index < -0.39 is 0 Å². The van der Waals surface area contributed by atoms with E-state index in [1.165, 1.54) is 0 Å². The minimum Gasteiger partial charge on any atom is -0.382 e. The number of anilines is 1. The molecule has 1 aliphatic carbocycles. The van der Waals surface area contributed by atoms with E-state index in [1.54, 1.807) is 24.5 Å². The Balaban J connectivity index is 1.51. The first-order chi connectivity index (χ1) is 15.0. The molecule has 8 heteroatoms. The number of halogens is 1. The first-order valence-electron chi connectivity index (χ1n) is 10.6. The summed E-state index contributed by atoms with van der Waals surface area (Å²) in [4.78, 5) is 21.7. The number of amides is 1. The SMILES string of the molecule is CC(=O)NC[C@H]1CC[C@H](c2nc(-c3cc4cccc(Cl)c4s3)c3c(N)nccn32)CC1. The van der Waals surface area contributed by atoms with Gasteiger partial charge in [0.05, 0.1) is 14.6 Å². The van der Waals surface area contributed by atoms with Crippen molar-refractivity contribution < 1.29 is 4.79 Å². The van der Waals surface area contributed by atoms with Crippen LogP contribution in [0, 0.1) is 5.92 Å². The molecule has 0 unspecified atom stereocenters. The number of hydrogen-bond acceptors (Lipinski definition) is 5. The van der Waals surface area contributed by atoms with Gasteiger partial charge in [0.25, 0.3) is 0 Å². The van der Waals surface area contributed by atoms with Crippen LogP contribution in [0.4, 0.5) is 5.82 Å². The smallest absolute Gasteiger partial charge is 0.216 e. The number of nitrogens with two attached hydrogens (primary N) is 1. The third kappa shape index (κ3) is 3.77. The van der Waals surface area contributed by atoms with Crippen LogP contribution < -0.4 is 11.1 Å². The summed E-state index contributed by atoms with van der Waals surface area (Å²) in [6, 6.07) is 8.08. The fourth-order valence-electron chi connectivity index (χ4n) is 4.60. The highest BCUT2D eigenvalue weighted by atomic mass is 35.5. The normalized spacial score (nSPS) is 19.2. The lowest BCUT2D eigenvalue weighted by Crippen LogP contribution is -2.29.